The van der Waals surface area contributed by atoms with E-state index in [9.17, 15) is 0 Å². The number of rotatable bonds is 3. The van der Waals surface area contributed by atoms with Gasteiger partial charge in [-0.1, -0.05) is 0 Å². The van der Waals surface area contributed by atoms with Gasteiger partial charge in [-0.15, -0.1) is 10.2 Å². The fourth-order valence-electron chi connectivity index (χ4n) is 1.20. The molecule has 2 heterocycles. The number of nitrogens with zero attached hydrogens (tertiary/aromatic N) is 2. The molecule has 1 unspecified atom stereocenters. The number of nitrogens with one attached hydrogen (secondary N) is 1. The van der Waals surface area contributed by atoms with Crippen molar-refractivity contribution in [3.8, 4) is 0 Å². The zero-order valence-electron chi connectivity index (χ0n) is 6.69. The van der Waals surface area contributed by atoms with Crippen LogP contribution in [0.15, 0.2) is 10.8 Å². The Labute approximate surface area is 70.1 Å². The van der Waals surface area contributed by atoms with Crippen LogP contribution in [0.4, 0.5) is 0 Å². The first kappa shape index (κ1) is 7.70. The van der Waals surface area contributed by atoms with Gasteiger partial charge >= 0.3 is 0 Å². The minimum Gasteiger partial charge on any atom is -0.427 e. The van der Waals surface area contributed by atoms with Gasteiger partial charge in [-0.25, -0.2) is 0 Å². The molecule has 5 nitrogen and oxygen atoms in total. The normalized spacial score (nSPS) is 23.2. The molecule has 0 radical (unpaired) electrons. The Bertz CT molecular complexity index is 219. The smallest absolute Gasteiger partial charge is 0.229 e. The van der Waals surface area contributed by atoms with Gasteiger partial charge in [-0.3, -0.25) is 0 Å². The summed E-state index contributed by atoms with van der Waals surface area (Å²) < 4.78 is 10.2. The summed E-state index contributed by atoms with van der Waals surface area (Å²) in [7, 11) is 0. The molecule has 1 saturated heterocycles. The van der Waals surface area contributed by atoms with Crippen LogP contribution in [-0.2, 0) is 11.3 Å². The van der Waals surface area contributed by atoms with Gasteiger partial charge in [0.15, 0.2) is 0 Å². The summed E-state index contributed by atoms with van der Waals surface area (Å²) in [6, 6.07) is 0.442. The molecule has 0 aliphatic carbocycles. The molecule has 0 aromatic carbocycles. The lowest BCUT2D eigenvalue weighted by atomic mass is 10.3. The number of aromatic nitrogens is 2. The quantitative estimate of drug-likeness (QED) is 0.687. The third-order valence-corrected chi connectivity index (χ3v) is 1.88. The van der Waals surface area contributed by atoms with E-state index in [0.717, 1.165) is 19.6 Å². The summed E-state index contributed by atoms with van der Waals surface area (Å²) in [6.07, 6.45) is 2.40. The van der Waals surface area contributed by atoms with Gasteiger partial charge in [0.1, 0.15) is 0 Å². The van der Waals surface area contributed by atoms with Crippen LogP contribution >= 0.6 is 0 Å². The van der Waals surface area contributed by atoms with Gasteiger partial charge in [-0.2, -0.15) is 0 Å². The van der Waals surface area contributed by atoms with Crippen LogP contribution in [0.3, 0.4) is 0 Å². The van der Waals surface area contributed by atoms with Crippen LogP contribution in [-0.4, -0.2) is 29.5 Å². The van der Waals surface area contributed by atoms with Crippen molar-refractivity contribution >= 4 is 0 Å². The van der Waals surface area contributed by atoms with Crippen molar-refractivity contribution in [1.29, 1.82) is 0 Å². The Kier molecular flexibility index (Phi) is 2.33. The summed E-state index contributed by atoms with van der Waals surface area (Å²) in [5, 5.41) is 10.6. The molecular weight excluding hydrogens is 158 g/mol. The zero-order valence-corrected chi connectivity index (χ0v) is 6.69. The van der Waals surface area contributed by atoms with Crippen LogP contribution in [0.2, 0.25) is 0 Å². The van der Waals surface area contributed by atoms with E-state index in [1.165, 1.54) is 6.39 Å². The monoisotopic (exact) mass is 169 g/mol. The van der Waals surface area contributed by atoms with Crippen molar-refractivity contribution in [2.45, 2.75) is 19.0 Å². The summed E-state index contributed by atoms with van der Waals surface area (Å²) in [4.78, 5) is 0. The Balaban J connectivity index is 1.74. The molecule has 1 aromatic heterocycles. The van der Waals surface area contributed by atoms with Crippen molar-refractivity contribution in [1.82, 2.24) is 15.5 Å². The Morgan fingerprint density at radius 1 is 1.67 bits per heavy atom. The third-order valence-electron chi connectivity index (χ3n) is 1.88. The molecule has 0 saturated carbocycles. The highest BCUT2D eigenvalue weighted by atomic mass is 16.5. The Morgan fingerprint density at radius 2 is 2.67 bits per heavy atom. The molecule has 1 aromatic rings. The predicted molar refractivity (Wildman–Crippen MR) is 40.4 cm³/mol. The number of hydrogen-bond donors (Lipinski definition) is 1. The first-order valence-electron chi connectivity index (χ1n) is 4.01. The highest BCUT2D eigenvalue weighted by Crippen LogP contribution is 2.03. The second kappa shape index (κ2) is 3.64. The molecule has 1 fully saturated rings. The van der Waals surface area contributed by atoms with Gasteiger partial charge in [0.05, 0.1) is 13.2 Å². The molecule has 2 rings (SSSR count). The van der Waals surface area contributed by atoms with Crippen molar-refractivity contribution < 1.29 is 9.15 Å². The van der Waals surface area contributed by atoms with Crippen molar-refractivity contribution in [2.24, 2.45) is 0 Å². The first-order valence-corrected chi connectivity index (χ1v) is 4.01. The van der Waals surface area contributed by atoms with E-state index in [1.54, 1.807) is 0 Å². The van der Waals surface area contributed by atoms with E-state index in [-0.39, 0.29) is 0 Å². The fourth-order valence-corrected chi connectivity index (χ4v) is 1.20. The molecule has 0 bridgehead atoms. The summed E-state index contributed by atoms with van der Waals surface area (Å²) in [5.74, 6) is 0.627. The van der Waals surface area contributed by atoms with Crippen molar-refractivity contribution in [2.75, 3.05) is 13.2 Å². The standard InChI is InChI=1S/C7H11N3O2/c1-2-11-4-6(1)8-3-7-10-9-5-12-7/h5-6,8H,1-4H2. The largest absolute Gasteiger partial charge is 0.427 e. The van der Waals surface area contributed by atoms with E-state index in [1.807, 2.05) is 0 Å². The lowest BCUT2D eigenvalue weighted by Gasteiger charge is -2.06. The average Bonchev–Trinajstić information content (AvgIpc) is 2.74. The van der Waals surface area contributed by atoms with E-state index in [2.05, 4.69) is 15.5 Å². The van der Waals surface area contributed by atoms with Gasteiger partial charge in [0, 0.05) is 12.6 Å². The SMILES string of the molecule is c1nnc(CNC2CCOC2)o1. The average molecular weight is 169 g/mol. The van der Waals surface area contributed by atoms with Crippen LogP contribution < -0.4 is 5.32 Å². The minimum absolute atomic E-state index is 0.442. The van der Waals surface area contributed by atoms with Crippen molar-refractivity contribution in [3.05, 3.63) is 12.3 Å². The van der Waals surface area contributed by atoms with E-state index < -0.39 is 0 Å². The summed E-state index contributed by atoms with van der Waals surface area (Å²) >= 11 is 0. The molecule has 0 amide bonds. The third kappa shape index (κ3) is 1.80. The lowest BCUT2D eigenvalue weighted by molar-refractivity contribution is 0.189. The molecule has 1 N–H and O–H groups in total. The molecule has 12 heavy (non-hydrogen) atoms. The lowest BCUT2D eigenvalue weighted by Crippen LogP contribution is -2.28. The van der Waals surface area contributed by atoms with E-state index in [0.29, 0.717) is 18.5 Å². The summed E-state index contributed by atoms with van der Waals surface area (Å²) in [5.41, 5.74) is 0. The van der Waals surface area contributed by atoms with Crippen LogP contribution in [0.1, 0.15) is 12.3 Å². The zero-order chi connectivity index (χ0) is 8.23. The number of hydrogen-bond acceptors (Lipinski definition) is 5. The van der Waals surface area contributed by atoms with E-state index >= 15 is 0 Å². The van der Waals surface area contributed by atoms with Crippen molar-refractivity contribution in [3.63, 3.8) is 0 Å². The first-order chi connectivity index (χ1) is 5.95. The maximum absolute atomic E-state index is 5.20. The second-order valence-corrected chi connectivity index (χ2v) is 2.77. The van der Waals surface area contributed by atoms with Gasteiger partial charge in [0.2, 0.25) is 12.3 Å². The second-order valence-electron chi connectivity index (χ2n) is 2.77. The highest BCUT2D eigenvalue weighted by molar-refractivity contribution is 4.77. The van der Waals surface area contributed by atoms with Crippen LogP contribution in [0.5, 0.6) is 0 Å². The molecule has 1 atom stereocenters. The molecular formula is C7H11N3O2. The molecule has 0 spiro atoms. The number of ether oxygens (including phenoxy) is 1. The Morgan fingerprint density at radius 3 is 3.33 bits per heavy atom. The highest BCUT2D eigenvalue weighted by Gasteiger charge is 2.15. The maximum atomic E-state index is 5.20. The molecule has 1 aliphatic heterocycles. The minimum atomic E-state index is 0.442. The van der Waals surface area contributed by atoms with E-state index in [4.69, 9.17) is 9.15 Å². The van der Waals surface area contributed by atoms with Crippen LogP contribution in [0.25, 0.3) is 0 Å². The van der Waals surface area contributed by atoms with Gasteiger partial charge in [-0.05, 0) is 6.42 Å². The molecule has 1 aliphatic rings. The fraction of sp³-hybridized carbons (Fsp3) is 0.714. The van der Waals surface area contributed by atoms with Gasteiger partial charge < -0.3 is 14.5 Å². The molecule has 66 valence electrons. The maximum Gasteiger partial charge on any atom is 0.229 e. The topological polar surface area (TPSA) is 60.2 Å². The van der Waals surface area contributed by atoms with Crippen LogP contribution in [0, 0.1) is 0 Å². The van der Waals surface area contributed by atoms with Gasteiger partial charge in [0.25, 0.3) is 0 Å². The predicted octanol–water partition coefficient (Wildman–Crippen LogP) is -0.0519. The Hall–Kier alpha value is -0.940. The summed E-state index contributed by atoms with van der Waals surface area (Å²) in [6.45, 7) is 2.27. The molecule has 5 heteroatoms.